The summed E-state index contributed by atoms with van der Waals surface area (Å²) in [6.07, 6.45) is 0. The highest BCUT2D eigenvalue weighted by Gasteiger charge is 2.17. The first kappa shape index (κ1) is 11.9. The second-order valence-electron chi connectivity index (χ2n) is 4.13. The number of nitrogens with zero attached hydrogens (tertiary/aromatic N) is 1. The van der Waals surface area contributed by atoms with Gasteiger partial charge in [-0.3, -0.25) is 0 Å². The molecule has 2 nitrogen and oxygen atoms in total. The maximum atomic E-state index is 5.46. The molecule has 0 amide bonds. The first-order valence-electron chi connectivity index (χ1n) is 6.04. The Morgan fingerprint density at radius 2 is 1.42 bits per heavy atom. The Labute approximate surface area is 116 Å². The summed E-state index contributed by atoms with van der Waals surface area (Å²) in [6, 6.07) is 20.4. The van der Waals surface area contributed by atoms with Crippen LogP contribution in [0.5, 0.6) is 5.06 Å². The highest BCUT2D eigenvalue weighted by molar-refractivity contribution is 7.08. The van der Waals surface area contributed by atoms with Crippen LogP contribution in [0.3, 0.4) is 0 Å². The zero-order valence-electron chi connectivity index (χ0n) is 10.5. The van der Waals surface area contributed by atoms with Gasteiger partial charge in [-0.25, -0.2) is 0 Å². The molecule has 1 aromatic heterocycles. The van der Waals surface area contributed by atoms with Crippen molar-refractivity contribution in [1.82, 2.24) is 4.37 Å². The fourth-order valence-corrected chi connectivity index (χ4v) is 2.82. The molecule has 2 aromatic carbocycles. The first-order chi connectivity index (χ1) is 9.40. The van der Waals surface area contributed by atoms with Gasteiger partial charge in [0.05, 0.1) is 18.4 Å². The lowest BCUT2D eigenvalue weighted by atomic mass is 10.0. The van der Waals surface area contributed by atoms with Crippen LogP contribution in [0.15, 0.2) is 60.7 Å². The van der Waals surface area contributed by atoms with Crippen LogP contribution in [-0.4, -0.2) is 11.5 Å². The SMILES string of the molecule is COc1snc(-c2ccccc2)c1-c1ccccc1. The molecule has 0 spiro atoms. The summed E-state index contributed by atoms with van der Waals surface area (Å²) in [5.41, 5.74) is 4.29. The average Bonchev–Trinajstić information content (AvgIpc) is 2.93. The van der Waals surface area contributed by atoms with Crippen molar-refractivity contribution in [2.75, 3.05) is 7.11 Å². The molecule has 94 valence electrons. The molecule has 0 aliphatic heterocycles. The predicted octanol–water partition coefficient (Wildman–Crippen LogP) is 4.49. The van der Waals surface area contributed by atoms with Crippen molar-refractivity contribution in [3.63, 3.8) is 0 Å². The minimum Gasteiger partial charge on any atom is -0.486 e. The number of hydrogen-bond acceptors (Lipinski definition) is 3. The quantitative estimate of drug-likeness (QED) is 0.697. The van der Waals surface area contributed by atoms with Gasteiger partial charge in [-0.15, -0.1) is 0 Å². The van der Waals surface area contributed by atoms with E-state index in [0.717, 1.165) is 27.4 Å². The van der Waals surface area contributed by atoms with Crippen molar-refractivity contribution < 1.29 is 4.74 Å². The number of rotatable bonds is 3. The van der Waals surface area contributed by atoms with E-state index < -0.39 is 0 Å². The van der Waals surface area contributed by atoms with Crippen molar-refractivity contribution in [3.05, 3.63) is 60.7 Å². The van der Waals surface area contributed by atoms with E-state index >= 15 is 0 Å². The summed E-state index contributed by atoms with van der Waals surface area (Å²) < 4.78 is 10.0. The van der Waals surface area contributed by atoms with Gasteiger partial charge in [0.2, 0.25) is 5.06 Å². The van der Waals surface area contributed by atoms with E-state index in [4.69, 9.17) is 4.74 Å². The van der Waals surface area contributed by atoms with Gasteiger partial charge in [0.15, 0.2) is 0 Å². The number of hydrogen-bond donors (Lipinski definition) is 0. The minimum absolute atomic E-state index is 0.852. The molecule has 0 aliphatic rings. The standard InChI is InChI=1S/C16H13NOS/c1-18-16-14(12-8-4-2-5-9-12)15(17-19-16)13-10-6-3-7-11-13/h2-11H,1H3. The molecule has 0 N–H and O–H groups in total. The van der Waals surface area contributed by atoms with Gasteiger partial charge >= 0.3 is 0 Å². The lowest BCUT2D eigenvalue weighted by Crippen LogP contribution is -1.85. The Morgan fingerprint density at radius 3 is 2.00 bits per heavy atom. The zero-order valence-corrected chi connectivity index (χ0v) is 11.4. The van der Waals surface area contributed by atoms with Crippen LogP contribution in [0.1, 0.15) is 0 Å². The van der Waals surface area contributed by atoms with Gasteiger partial charge in [-0.1, -0.05) is 60.7 Å². The molecule has 0 fully saturated rings. The Balaban J connectivity index is 2.20. The van der Waals surface area contributed by atoms with Crippen LogP contribution in [0.25, 0.3) is 22.4 Å². The highest BCUT2D eigenvalue weighted by atomic mass is 32.1. The summed E-state index contributed by atoms with van der Waals surface area (Å²) in [5, 5.41) is 0.852. The normalized spacial score (nSPS) is 10.4. The van der Waals surface area contributed by atoms with Crippen molar-refractivity contribution >= 4 is 11.5 Å². The maximum absolute atomic E-state index is 5.46. The number of methoxy groups -OCH3 is 1. The molecule has 0 radical (unpaired) electrons. The van der Waals surface area contributed by atoms with Crippen molar-refractivity contribution in [2.24, 2.45) is 0 Å². The molecule has 3 heteroatoms. The van der Waals surface area contributed by atoms with Gasteiger partial charge in [-0.05, 0) is 5.56 Å². The van der Waals surface area contributed by atoms with Gasteiger partial charge in [0.25, 0.3) is 0 Å². The van der Waals surface area contributed by atoms with E-state index in [2.05, 4.69) is 28.6 Å². The zero-order chi connectivity index (χ0) is 13.1. The van der Waals surface area contributed by atoms with Crippen molar-refractivity contribution in [3.8, 4) is 27.4 Å². The van der Waals surface area contributed by atoms with E-state index in [9.17, 15) is 0 Å². The molecule has 0 atom stereocenters. The largest absolute Gasteiger partial charge is 0.486 e. The number of aromatic nitrogens is 1. The lowest BCUT2D eigenvalue weighted by molar-refractivity contribution is 0.428. The summed E-state index contributed by atoms with van der Waals surface area (Å²) in [4.78, 5) is 0. The smallest absolute Gasteiger partial charge is 0.201 e. The molecule has 0 bridgehead atoms. The fourth-order valence-electron chi connectivity index (χ4n) is 2.07. The summed E-state index contributed by atoms with van der Waals surface area (Å²) >= 11 is 1.39. The monoisotopic (exact) mass is 267 g/mol. The van der Waals surface area contributed by atoms with Crippen LogP contribution in [0.2, 0.25) is 0 Å². The lowest BCUT2D eigenvalue weighted by Gasteiger charge is -2.05. The highest BCUT2D eigenvalue weighted by Crippen LogP contribution is 2.41. The summed E-state index contributed by atoms with van der Waals surface area (Å²) in [6.45, 7) is 0. The van der Waals surface area contributed by atoms with Gasteiger partial charge in [-0.2, -0.15) is 4.37 Å². The van der Waals surface area contributed by atoms with Crippen LogP contribution in [-0.2, 0) is 0 Å². The number of ether oxygens (including phenoxy) is 1. The second kappa shape index (κ2) is 5.24. The molecular weight excluding hydrogens is 254 g/mol. The molecule has 3 rings (SSSR count). The van der Waals surface area contributed by atoms with Crippen LogP contribution < -0.4 is 4.74 Å². The Bertz CT molecular complexity index is 662. The fraction of sp³-hybridized carbons (Fsp3) is 0.0625. The van der Waals surface area contributed by atoms with Crippen LogP contribution >= 0.6 is 11.5 Å². The Morgan fingerprint density at radius 1 is 0.842 bits per heavy atom. The molecule has 0 saturated carbocycles. The second-order valence-corrected chi connectivity index (χ2v) is 4.87. The summed E-state index contributed by atoms with van der Waals surface area (Å²) in [7, 11) is 1.69. The van der Waals surface area contributed by atoms with Gasteiger partial charge in [0, 0.05) is 17.1 Å². The first-order valence-corrected chi connectivity index (χ1v) is 6.82. The number of benzene rings is 2. The van der Waals surface area contributed by atoms with E-state index in [0.29, 0.717) is 0 Å². The van der Waals surface area contributed by atoms with E-state index in [1.165, 1.54) is 11.5 Å². The molecule has 3 aromatic rings. The Hall–Kier alpha value is -2.13. The molecule has 0 aliphatic carbocycles. The topological polar surface area (TPSA) is 22.1 Å². The van der Waals surface area contributed by atoms with E-state index in [-0.39, 0.29) is 0 Å². The minimum atomic E-state index is 0.852. The van der Waals surface area contributed by atoms with E-state index in [1.807, 2.05) is 36.4 Å². The molecular formula is C16H13NOS. The van der Waals surface area contributed by atoms with Gasteiger partial charge < -0.3 is 4.74 Å². The molecule has 19 heavy (non-hydrogen) atoms. The third kappa shape index (κ3) is 2.25. The van der Waals surface area contributed by atoms with Crippen LogP contribution in [0.4, 0.5) is 0 Å². The average molecular weight is 267 g/mol. The van der Waals surface area contributed by atoms with Gasteiger partial charge in [0.1, 0.15) is 0 Å². The van der Waals surface area contributed by atoms with Crippen LogP contribution in [0, 0.1) is 0 Å². The maximum Gasteiger partial charge on any atom is 0.201 e. The third-order valence-corrected chi connectivity index (χ3v) is 3.77. The molecule has 0 unspecified atom stereocenters. The molecule has 1 heterocycles. The van der Waals surface area contributed by atoms with Crippen molar-refractivity contribution in [1.29, 1.82) is 0 Å². The Kier molecular flexibility index (Phi) is 3.29. The third-order valence-electron chi connectivity index (χ3n) is 2.96. The predicted molar refractivity (Wildman–Crippen MR) is 79.5 cm³/mol. The van der Waals surface area contributed by atoms with E-state index in [1.54, 1.807) is 7.11 Å². The molecule has 0 saturated heterocycles. The van der Waals surface area contributed by atoms with Crippen molar-refractivity contribution in [2.45, 2.75) is 0 Å². The summed E-state index contributed by atoms with van der Waals surface area (Å²) in [5.74, 6) is 0.